The second-order valence-electron chi connectivity index (χ2n) is 12.2. The van der Waals surface area contributed by atoms with Gasteiger partial charge in [-0.1, -0.05) is 157 Å². The first-order valence-electron chi connectivity index (χ1n) is 17.2. The Hall–Kier alpha value is -4.47. The minimum atomic E-state index is 0.822. The van der Waals surface area contributed by atoms with E-state index in [9.17, 15) is 0 Å². The van der Waals surface area contributed by atoms with Crippen LogP contribution in [0.15, 0.2) is 220 Å². The van der Waals surface area contributed by atoms with Crippen LogP contribution in [0.4, 0.5) is 22.7 Å². The first-order chi connectivity index (χ1) is 26.3. The highest BCUT2D eigenvalue weighted by molar-refractivity contribution is 14.1. The highest BCUT2D eigenvalue weighted by Gasteiger charge is 2.13. The number of nitrogen functional groups attached to an aromatic ring is 1. The Morgan fingerprint density at radius 2 is 0.574 bits per heavy atom. The molecule has 0 bridgehead atoms. The van der Waals surface area contributed by atoms with Crippen molar-refractivity contribution in [2.24, 2.45) is 0 Å². The lowest BCUT2D eigenvalue weighted by atomic mass is 10.0. The molecule has 0 saturated heterocycles. The molecule has 0 saturated carbocycles. The van der Waals surface area contributed by atoms with Gasteiger partial charge in [0.2, 0.25) is 0 Å². The van der Waals surface area contributed by atoms with Crippen LogP contribution < -0.4 is 10.6 Å². The number of nitrogens with zero attached hydrogens (tertiary/aromatic N) is 1. The van der Waals surface area contributed by atoms with Crippen LogP contribution >= 0.6 is 70.4 Å². The van der Waals surface area contributed by atoms with Crippen LogP contribution in [0.1, 0.15) is 0 Å². The minimum absolute atomic E-state index is 0.822. The first kappa shape index (κ1) is 39.2. The molecule has 0 radical (unpaired) electrons. The molecule has 6 heteroatoms. The summed E-state index contributed by atoms with van der Waals surface area (Å²) in [6, 6.07) is 71.2. The summed E-state index contributed by atoms with van der Waals surface area (Å²) >= 11 is 12.8. The first-order valence-corrected chi connectivity index (χ1v) is 20.7. The summed E-state index contributed by atoms with van der Waals surface area (Å²) in [4.78, 5) is 2.29. The summed E-state index contributed by atoms with van der Waals surface area (Å²) in [5.74, 6) is 0. The average Bonchev–Trinajstić information content (AvgIpc) is 3.21. The fourth-order valence-electron chi connectivity index (χ4n) is 5.65. The van der Waals surface area contributed by atoms with Gasteiger partial charge in [0.15, 0.2) is 0 Å². The third-order valence-corrected chi connectivity index (χ3v) is 10.7. The Balaban J connectivity index is 0.000000193. The van der Waals surface area contributed by atoms with Crippen molar-refractivity contribution >= 4 is 93.1 Å². The van der Waals surface area contributed by atoms with Crippen molar-refractivity contribution in [2.45, 2.75) is 0 Å². The molecule has 0 aliphatic carbocycles. The Kier molecular flexibility index (Phi) is 14.3. The zero-order chi connectivity index (χ0) is 37.7. The normalized spacial score (nSPS) is 10.3. The zero-order valence-corrected chi connectivity index (χ0v) is 36.1. The van der Waals surface area contributed by atoms with Crippen LogP contribution in [-0.4, -0.2) is 0 Å². The molecule has 0 aliphatic heterocycles. The van der Waals surface area contributed by atoms with Gasteiger partial charge in [-0.25, -0.2) is 0 Å². The molecule has 8 rings (SSSR count). The molecule has 0 unspecified atom stereocenters. The van der Waals surface area contributed by atoms with Crippen LogP contribution in [0.2, 0.25) is 0 Å². The predicted molar refractivity (Wildman–Crippen MR) is 251 cm³/mol. The Morgan fingerprint density at radius 3 is 0.870 bits per heavy atom. The largest absolute Gasteiger partial charge is 0.399 e. The molecule has 2 nitrogen and oxygen atoms in total. The molecule has 0 atom stereocenters. The molecule has 8 aromatic carbocycles. The van der Waals surface area contributed by atoms with Crippen molar-refractivity contribution in [3.8, 4) is 33.4 Å². The fraction of sp³-hybridized carbons (Fsp3) is 0. The van der Waals surface area contributed by atoms with Crippen LogP contribution in [0.3, 0.4) is 0 Å². The Bertz CT molecular complexity index is 2180. The van der Waals surface area contributed by atoms with E-state index in [1.807, 2.05) is 30.3 Å². The van der Waals surface area contributed by atoms with Crippen LogP contribution in [0.5, 0.6) is 0 Å². The monoisotopic (exact) mass is 1000 g/mol. The smallest absolute Gasteiger partial charge is 0.0462 e. The maximum Gasteiger partial charge on any atom is 0.0462 e. The third kappa shape index (κ3) is 11.3. The Morgan fingerprint density at radius 1 is 0.315 bits per heavy atom. The van der Waals surface area contributed by atoms with E-state index in [1.165, 1.54) is 37.0 Å². The minimum Gasteiger partial charge on any atom is -0.399 e. The number of halogens is 4. The van der Waals surface area contributed by atoms with Gasteiger partial charge in [-0.3, -0.25) is 0 Å². The predicted octanol–water partition coefficient (Wildman–Crippen LogP) is 16.0. The van der Waals surface area contributed by atoms with E-state index in [0.717, 1.165) is 36.2 Å². The van der Waals surface area contributed by atoms with Gasteiger partial charge in [-0.05, 0) is 153 Å². The molecule has 0 fully saturated rings. The molecule has 266 valence electrons. The van der Waals surface area contributed by atoms with E-state index in [4.69, 9.17) is 5.73 Å². The topological polar surface area (TPSA) is 29.3 Å². The van der Waals surface area contributed by atoms with Gasteiger partial charge >= 0.3 is 0 Å². The van der Waals surface area contributed by atoms with Crippen LogP contribution in [-0.2, 0) is 0 Å². The molecule has 0 aromatic heterocycles. The summed E-state index contributed by atoms with van der Waals surface area (Å²) < 4.78 is 4.56. The van der Waals surface area contributed by atoms with E-state index in [-0.39, 0.29) is 0 Å². The van der Waals surface area contributed by atoms with Gasteiger partial charge in [0.25, 0.3) is 0 Å². The van der Waals surface area contributed by atoms with Gasteiger partial charge in [0.1, 0.15) is 0 Å². The maximum absolute atomic E-state index is 5.36. The summed E-state index contributed by atoms with van der Waals surface area (Å²) in [5, 5.41) is 0. The molecule has 2 N–H and O–H groups in total. The van der Waals surface area contributed by atoms with Crippen molar-refractivity contribution < 1.29 is 0 Å². The van der Waals surface area contributed by atoms with Gasteiger partial charge in [0, 0.05) is 39.7 Å². The van der Waals surface area contributed by atoms with E-state index >= 15 is 0 Å². The Labute approximate surface area is 357 Å². The number of hydrogen-bond acceptors (Lipinski definition) is 2. The van der Waals surface area contributed by atoms with Gasteiger partial charge < -0.3 is 10.6 Å². The molecule has 8 aromatic rings. The average molecular weight is 1010 g/mol. The lowest BCUT2D eigenvalue weighted by molar-refractivity contribution is 1.28. The van der Waals surface area contributed by atoms with Crippen LogP contribution in [0, 0.1) is 3.57 Å². The molecular weight excluding hydrogens is 971 g/mol. The number of benzene rings is 8. The van der Waals surface area contributed by atoms with Gasteiger partial charge in [-0.2, -0.15) is 0 Å². The SMILES string of the molecule is Brc1ccc(-c2ccc(I)cc2)cc1.Brc1ccc(-c2ccc(N(c3ccccc3)c3ccc(-c4ccc(Br)cc4)cc3)cc2)cc1.Nc1ccccc1. The summed E-state index contributed by atoms with van der Waals surface area (Å²) in [6.07, 6.45) is 0. The van der Waals surface area contributed by atoms with Crippen molar-refractivity contribution in [1.29, 1.82) is 0 Å². The van der Waals surface area contributed by atoms with E-state index in [0.29, 0.717) is 0 Å². The van der Waals surface area contributed by atoms with Crippen molar-refractivity contribution in [3.05, 3.63) is 223 Å². The van der Waals surface area contributed by atoms with Crippen LogP contribution in [0.25, 0.3) is 33.4 Å². The van der Waals surface area contributed by atoms with E-state index in [1.54, 1.807) is 0 Å². The molecule has 0 aliphatic rings. The molecule has 54 heavy (non-hydrogen) atoms. The molecule has 0 amide bonds. The van der Waals surface area contributed by atoms with E-state index in [2.05, 4.69) is 251 Å². The summed E-state index contributed by atoms with van der Waals surface area (Å²) in [6.45, 7) is 0. The lowest BCUT2D eigenvalue weighted by Crippen LogP contribution is -2.09. The highest BCUT2D eigenvalue weighted by Crippen LogP contribution is 2.37. The number of anilines is 4. The van der Waals surface area contributed by atoms with Gasteiger partial charge in [-0.15, -0.1) is 0 Å². The maximum atomic E-state index is 5.36. The lowest BCUT2D eigenvalue weighted by Gasteiger charge is -2.26. The number of rotatable bonds is 6. The standard InChI is InChI=1S/C30H21Br2N.C12H8BrI.C6H7N/c31-26-14-6-22(7-15-26)24-10-18-29(19-11-24)33(28-4-2-1-3-5-28)30-20-12-25(13-21-30)23-8-16-27(32)17-9-23;13-11-5-1-9(2-6-11)10-3-7-12(14)8-4-10;7-6-4-2-1-3-5-6/h1-21H;1-8H;1-5H,7H2. The quantitative estimate of drug-likeness (QED) is 0.133. The van der Waals surface area contributed by atoms with Crippen molar-refractivity contribution in [1.82, 2.24) is 0 Å². The molecule has 0 spiro atoms. The summed E-state index contributed by atoms with van der Waals surface area (Å²) in [5.41, 5.74) is 16.9. The zero-order valence-electron chi connectivity index (χ0n) is 29.2. The van der Waals surface area contributed by atoms with Crippen molar-refractivity contribution in [2.75, 3.05) is 10.6 Å². The highest BCUT2D eigenvalue weighted by atomic mass is 127. The fourth-order valence-corrected chi connectivity index (χ4v) is 6.81. The number of para-hydroxylation sites is 2. The van der Waals surface area contributed by atoms with E-state index < -0.39 is 0 Å². The number of hydrogen-bond donors (Lipinski definition) is 1. The number of nitrogens with two attached hydrogens (primary N) is 1. The third-order valence-electron chi connectivity index (χ3n) is 8.44. The van der Waals surface area contributed by atoms with Gasteiger partial charge in [0.05, 0.1) is 0 Å². The molecular formula is C48H36Br3IN2. The van der Waals surface area contributed by atoms with Crippen molar-refractivity contribution in [3.63, 3.8) is 0 Å². The summed E-state index contributed by atoms with van der Waals surface area (Å²) in [7, 11) is 0. The second-order valence-corrected chi connectivity index (χ2v) is 16.2. The molecule has 0 heterocycles. The second kappa shape index (κ2) is 19.7.